The topological polar surface area (TPSA) is 55.1 Å². The third-order valence-corrected chi connectivity index (χ3v) is 3.65. The van der Waals surface area contributed by atoms with E-state index in [0.717, 1.165) is 16.6 Å². The zero-order valence-corrected chi connectivity index (χ0v) is 11.3. The molecule has 0 bridgehead atoms. The number of carbonyl (C=O) groups is 1. The van der Waals surface area contributed by atoms with Gasteiger partial charge in [0.05, 0.1) is 17.3 Å². The highest BCUT2D eigenvalue weighted by molar-refractivity contribution is 6.17. The number of aryl methyl sites for hydroxylation is 1. The molecule has 2 heterocycles. The Balaban J connectivity index is 2.22. The number of phenolic OH excluding ortho intramolecular Hbond substituents is 1. The molecule has 4 heteroatoms. The van der Waals surface area contributed by atoms with E-state index in [9.17, 15) is 9.90 Å². The lowest BCUT2D eigenvalue weighted by Gasteiger charge is -2.02. The molecular weight excluding hydrogens is 252 g/mol. The first-order chi connectivity index (χ1) is 9.59. The Morgan fingerprint density at radius 2 is 1.90 bits per heavy atom. The third kappa shape index (κ3) is 1.77. The van der Waals surface area contributed by atoms with E-state index in [0.29, 0.717) is 11.1 Å². The van der Waals surface area contributed by atoms with Crippen LogP contribution in [-0.4, -0.2) is 20.4 Å². The van der Waals surface area contributed by atoms with Gasteiger partial charge in [0.1, 0.15) is 5.75 Å². The molecule has 1 N–H and O–H groups in total. The van der Waals surface area contributed by atoms with Crippen LogP contribution in [0.1, 0.15) is 21.6 Å². The second-order valence-corrected chi connectivity index (χ2v) is 4.79. The number of pyridine rings is 1. The van der Waals surface area contributed by atoms with E-state index in [1.54, 1.807) is 24.5 Å². The third-order valence-electron chi connectivity index (χ3n) is 3.65. The lowest BCUT2D eigenvalue weighted by molar-refractivity contribution is 0.103. The Hall–Kier alpha value is -2.62. The van der Waals surface area contributed by atoms with Crippen molar-refractivity contribution in [1.29, 1.82) is 0 Å². The Bertz CT molecular complexity index is 801. The van der Waals surface area contributed by atoms with E-state index >= 15 is 0 Å². The van der Waals surface area contributed by atoms with Gasteiger partial charge in [-0.3, -0.25) is 9.78 Å². The van der Waals surface area contributed by atoms with Crippen LogP contribution in [0, 0.1) is 6.92 Å². The maximum atomic E-state index is 12.7. The highest BCUT2D eigenvalue weighted by Crippen LogP contribution is 2.26. The highest BCUT2D eigenvalue weighted by atomic mass is 16.3. The van der Waals surface area contributed by atoms with Crippen molar-refractivity contribution in [2.45, 2.75) is 6.92 Å². The number of fused-ring (bicyclic) bond motifs is 1. The summed E-state index contributed by atoms with van der Waals surface area (Å²) in [5.74, 6) is 0.111. The molecule has 100 valence electrons. The zero-order valence-electron chi connectivity index (χ0n) is 11.3. The minimum Gasteiger partial charge on any atom is -0.508 e. The SMILES string of the molecule is Cc1c(C(=O)c2ccc(O)cc2)c2ccncc2n1C. The van der Waals surface area contributed by atoms with Crippen molar-refractivity contribution in [2.75, 3.05) is 0 Å². The molecule has 0 saturated carbocycles. The molecule has 0 aliphatic rings. The molecule has 0 unspecified atom stereocenters. The van der Waals surface area contributed by atoms with Gasteiger partial charge in [-0.2, -0.15) is 0 Å². The predicted octanol–water partition coefficient (Wildman–Crippen LogP) is 2.82. The number of phenols is 1. The van der Waals surface area contributed by atoms with Gasteiger partial charge in [0.25, 0.3) is 0 Å². The molecule has 0 aliphatic heterocycles. The van der Waals surface area contributed by atoms with Gasteiger partial charge in [0.2, 0.25) is 0 Å². The number of aromatic hydroxyl groups is 1. The standard InChI is InChI=1S/C16H14N2O2/c1-10-15(13-7-8-17-9-14(13)18(10)2)16(20)11-3-5-12(19)6-4-11/h3-9,19H,1-2H3. The largest absolute Gasteiger partial charge is 0.508 e. The summed E-state index contributed by atoms with van der Waals surface area (Å²) in [4.78, 5) is 16.8. The number of carbonyl (C=O) groups excluding carboxylic acids is 1. The molecule has 0 saturated heterocycles. The first-order valence-electron chi connectivity index (χ1n) is 6.32. The van der Waals surface area contributed by atoms with Crippen LogP contribution in [0.4, 0.5) is 0 Å². The van der Waals surface area contributed by atoms with Gasteiger partial charge in [-0.05, 0) is 37.3 Å². The first kappa shape index (κ1) is 12.4. The van der Waals surface area contributed by atoms with Crippen molar-refractivity contribution >= 4 is 16.7 Å². The van der Waals surface area contributed by atoms with E-state index in [2.05, 4.69) is 4.98 Å². The average Bonchev–Trinajstić information content (AvgIpc) is 2.72. The van der Waals surface area contributed by atoms with Gasteiger partial charge in [0.15, 0.2) is 5.78 Å². The molecule has 1 aromatic carbocycles. The van der Waals surface area contributed by atoms with Crippen molar-refractivity contribution in [3.05, 3.63) is 59.5 Å². The minimum atomic E-state index is -0.0423. The van der Waals surface area contributed by atoms with Gasteiger partial charge < -0.3 is 9.67 Å². The minimum absolute atomic E-state index is 0.0423. The molecule has 0 spiro atoms. The number of hydrogen-bond acceptors (Lipinski definition) is 3. The number of nitrogens with zero attached hydrogens (tertiary/aromatic N) is 2. The zero-order chi connectivity index (χ0) is 14.3. The maximum absolute atomic E-state index is 12.7. The first-order valence-corrected chi connectivity index (χ1v) is 6.32. The fourth-order valence-corrected chi connectivity index (χ4v) is 2.45. The van der Waals surface area contributed by atoms with Gasteiger partial charge in [-0.25, -0.2) is 0 Å². The summed E-state index contributed by atoms with van der Waals surface area (Å²) < 4.78 is 1.97. The Morgan fingerprint density at radius 3 is 2.60 bits per heavy atom. The number of rotatable bonds is 2. The molecule has 0 fully saturated rings. The van der Waals surface area contributed by atoms with Crippen molar-refractivity contribution in [3.8, 4) is 5.75 Å². The van der Waals surface area contributed by atoms with E-state index in [4.69, 9.17) is 0 Å². The van der Waals surface area contributed by atoms with Gasteiger partial charge in [-0.1, -0.05) is 0 Å². The summed E-state index contributed by atoms with van der Waals surface area (Å²) >= 11 is 0. The molecule has 3 aromatic rings. The van der Waals surface area contributed by atoms with Crippen LogP contribution >= 0.6 is 0 Å². The maximum Gasteiger partial charge on any atom is 0.195 e. The fraction of sp³-hybridized carbons (Fsp3) is 0.125. The quantitative estimate of drug-likeness (QED) is 0.726. The van der Waals surface area contributed by atoms with Crippen LogP contribution < -0.4 is 0 Å². The normalized spacial score (nSPS) is 10.9. The molecule has 0 atom stereocenters. The monoisotopic (exact) mass is 266 g/mol. The molecule has 0 amide bonds. The lowest BCUT2D eigenvalue weighted by atomic mass is 10.0. The van der Waals surface area contributed by atoms with E-state index < -0.39 is 0 Å². The van der Waals surface area contributed by atoms with E-state index in [1.807, 2.05) is 24.6 Å². The fourth-order valence-electron chi connectivity index (χ4n) is 2.45. The van der Waals surface area contributed by atoms with Crippen LogP contribution in [0.5, 0.6) is 5.75 Å². The van der Waals surface area contributed by atoms with Crippen LogP contribution in [0.25, 0.3) is 10.9 Å². The summed E-state index contributed by atoms with van der Waals surface area (Å²) in [7, 11) is 1.92. The molecule has 4 nitrogen and oxygen atoms in total. The molecule has 2 aromatic heterocycles. The predicted molar refractivity (Wildman–Crippen MR) is 77.0 cm³/mol. The van der Waals surface area contributed by atoms with Gasteiger partial charge >= 0.3 is 0 Å². The summed E-state index contributed by atoms with van der Waals surface area (Å²) in [6.45, 7) is 1.92. The smallest absolute Gasteiger partial charge is 0.195 e. The Morgan fingerprint density at radius 1 is 1.20 bits per heavy atom. The summed E-state index contributed by atoms with van der Waals surface area (Å²) in [5, 5.41) is 10.2. The van der Waals surface area contributed by atoms with E-state index in [1.165, 1.54) is 12.1 Å². The number of hydrogen-bond donors (Lipinski definition) is 1. The number of benzene rings is 1. The van der Waals surface area contributed by atoms with E-state index in [-0.39, 0.29) is 11.5 Å². The van der Waals surface area contributed by atoms with Crippen LogP contribution in [-0.2, 0) is 7.05 Å². The average molecular weight is 266 g/mol. The van der Waals surface area contributed by atoms with Crippen molar-refractivity contribution in [1.82, 2.24) is 9.55 Å². The second-order valence-electron chi connectivity index (χ2n) is 4.79. The summed E-state index contributed by atoms with van der Waals surface area (Å²) in [5.41, 5.74) is 3.10. The molecule has 20 heavy (non-hydrogen) atoms. The van der Waals surface area contributed by atoms with Gasteiger partial charge in [0, 0.05) is 29.9 Å². The summed E-state index contributed by atoms with van der Waals surface area (Å²) in [6.07, 6.45) is 3.45. The lowest BCUT2D eigenvalue weighted by Crippen LogP contribution is -2.03. The number of aromatic nitrogens is 2. The molecule has 3 rings (SSSR count). The highest BCUT2D eigenvalue weighted by Gasteiger charge is 2.19. The Kier molecular flexibility index (Phi) is 2.79. The Labute approximate surface area is 116 Å². The van der Waals surface area contributed by atoms with Gasteiger partial charge in [-0.15, -0.1) is 0 Å². The van der Waals surface area contributed by atoms with Crippen molar-refractivity contribution < 1.29 is 9.90 Å². The second kappa shape index (κ2) is 4.49. The molecule has 0 radical (unpaired) electrons. The van der Waals surface area contributed by atoms with Crippen molar-refractivity contribution in [2.24, 2.45) is 7.05 Å². The van der Waals surface area contributed by atoms with Crippen LogP contribution in [0.15, 0.2) is 42.7 Å². The van der Waals surface area contributed by atoms with Crippen LogP contribution in [0.2, 0.25) is 0 Å². The van der Waals surface area contributed by atoms with Crippen molar-refractivity contribution in [3.63, 3.8) is 0 Å². The molecule has 0 aliphatic carbocycles. The summed E-state index contributed by atoms with van der Waals surface area (Å²) in [6, 6.07) is 8.18. The van der Waals surface area contributed by atoms with Crippen LogP contribution in [0.3, 0.4) is 0 Å². The molecular formula is C16H14N2O2. The number of ketones is 1.